The number of amides is 1. The monoisotopic (exact) mass is 439 g/mol. The lowest BCUT2D eigenvalue weighted by atomic mass is 10.1. The van der Waals surface area contributed by atoms with E-state index >= 15 is 0 Å². The van der Waals surface area contributed by atoms with Crippen LogP contribution < -0.4 is 0 Å². The van der Waals surface area contributed by atoms with Crippen molar-refractivity contribution in [3.63, 3.8) is 0 Å². The van der Waals surface area contributed by atoms with E-state index in [9.17, 15) is 9.90 Å². The van der Waals surface area contributed by atoms with Crippen molar-refractivity contribution in [2.75, 3.05) is 13.1 Å². The van der Waals surface area contributed by atoms with E-state index in [-0.39, 0.29) is 11.7 Å². The predicted octanol–water partition coefficient (Wildman–Crippen LogP) is 4.31. The molecule has 1 N–H and O–H groups in total. The van der Waals surface area contributed by atoms with Crippen molar-refractivity contribution >= 4 is 53.7 Å². The first-order chi connectivity index (χ1) is 8.52. The molecule has 18 heavy (non-hydrogen) atoms. The minimum atomic E-state index is -0.0451. The van der Waals surface area contributed by atoms with Crippen molar-refractivity contribution in [3.05, 3.63) is 25.0 Å². The number of piperidine rings is 1. The summed E-state index contributed by atoms with van der Waals surface area (Å²) in [6.45, 7) is 1.57. The molecule has 1 fully saturated rings. The Labute approximate surface area is 131 Å². The van der Waals surface area contributed by atoms with E-state index in [0.29, 0.717) is 19.0 Å². The van der Waals surface area contributed by atoms with Crippen LogP contribution in [0, 0.1) is 0 Å². The summed E-state index contributed by atoms with van der Waals surface area (Å²) >= 11 is 9.91. The summed E-state index contributed by atoms with van der Waals surface area (Å²) in [4.78, 5) is 14.3. The highest BCUT2D eigenvalue weighted by atomic mass is 79.9. The Hall–Kier alpha value is -0.0700. The van der Waals surface area contributed by atoms with Gasteiger partial charge in [-0.2, -0.15) is 0 Å². The smallest absolute Gasteiger partial charge is 0.256 e. The quantitative estimate of drug-likeness (QED) is 0.705. The van der Waals surface area contributed by atoms with Gasteiger partial charge in [0, 0.05) is 17.6 Å². The average molecular weight is 442 g/mol. The van der Waals surface area contributed by atoms with Gasteiger partial charge in [0.25, 0.3) is 5.91 Å². The number of phenolic OH excluding ortho intramolecular Hbond substituents is 1. The van der Waals surface area contributed by atoms with Crippen LogP contribution in [0.15, 0.2) is 19.5 Å². The maximum absolute atomic E-state index is 12.4. The van der Waals surface area contributed by atoms with Crippen molar-refractivity contribution in [2.24, 2.45) is 0 Å². The van der Waals surface area contributed by atoms with Gasteiger partial charge in [-0.05, 0) is 73.1 Å². The lowest BCUT2D eigenvalue weighted by Crippen LogP contribution is -2.36. The average Bonchev–Trinajstić information content (AvgIpc) is 2.37. The van der Waals surface area contributed by atoms with Gasteiger partial charge in [0.2, 0.25) is 0 Å². The molecule has 1 saturated heterocycles. The normalized spacial score (nSPS) is 15.8. The zero-order chi connectivity index (χ0) is 13.3. The number of benzene rings is 1. The maximum atomic E-state index is 12.4. The molecule has 98 valence electrons. The Morgan fingerprint density at radius 1 is 1.11 bits per heavy atom. The number of carbonyl (C=O) groups excluding carboxylic acids is 1. The first-order valence-corrected chi connectivity index (χ1v) is 8.06. The van der Waals surface area contributed by atoms with Crippen LogP contribution in [0.1, 0.15) is 29.6 Å². The molecule has 1 heterocycles. The van der Waals surface area contributed by atoms with Crippen molar-refractivity contribution in [2.45, 2.75) is 19.3 Å². The van der Waals surface area contributed by atoms with Gasteiger partial charge in [-0.3, -0.25) is 4.79 Å². The second-order valence-electron chi connectivity index (χ2n) is 4.23. The van der Waals surface area contributed by atoms with E-state index in [1.165, 1.54) is 6.42 Å². The van der Waals surface area contributed by atoms with Crippen LogP contribution in [0.4, 0.5) is 0 Å². The summed E-state index contributed by atoms with van der Waals surface area (Å²) in [6, 6.07) is 1.69. The number of carbonyl (C=O) groups is 1. The molecule has 0 atom stereocenters. The van der Waals surface area contributed by atoms with Crippen LogP contribution in [-0.4, -0.2) is 29.0 Å². The molecule has 1 aliphatic heterocycles. The Morgan fingerprint density at radius 3 is 2.33 bits per heavy atom. The summed E-state index contributed by atoms with van der Waals surface area (Å²) < 4.78 is 1.66. The predicted molar refractivity (Wildman–Crippen MR) is 81.0 cm³/mol. The fourth-order valence-electron chi connectivity index (χ4n) is 2.03. The number of halogens is 3. The molecule has 0 unspecified atom stereocenters. The second-order valence-corrected chi connectivity index (χ2v) is 6.73. The molecule has 0 bridgehead atoms. The topological polar surface area (TPSA) is 40.5 Å². The van der Waals surface area contributed by atoms with E-state index in [2.05, 4.69) is 47.8 Å². The molecule has 0 spiro atoms. The highest BCUT2D eigenvalue weighted by molar-refractivity contribution is 9.11. The summed E-state index contributed by atoms with van der Waals surface area (Å²) in [6.07, 6.45) is 3.27. The molecule has 0 radical (unpaired) electrons. The van der Waals surface area contributed by atoms with Crippen LogP contribution >= 0.6 is 47.8 Å². The molecule has 6 heteroatoms. The summed E-state index contributed by atoms with van der Waals surface area (Å²) in [5.74, 6) is 0.00908. The number of hydrogen-bond acceptors (Lipinski definition) is 2. The van der Waals surface area contributed by atoms with Gasteiger partial charge in [-0.15, -0.1) is 0 Å². The number of rotatable bonds is 1. The molecular formula is C12H12Br3NO2. The van der Waals surface area contributed by atoms with E-state index in [1.807, 2.05) is 4.90 Å². The molecule has 0 saturated carbocycles. The van der Waals surface area contributed by atoms with E-state index in [1.54, 1.807) is 6.07 Å². The first-order valence-electron chi connectivity index (χ1n) is 5.68. The van der Waals surface area contributed by atoms with Gasteiger partial charge in [-0.25, -0.2) is 0 Å². The Kier molecular flexibility index (Phi) is 4.72. The Bertz CT molecular complexity index is 485. The van der Waals surface area contributed by atoms with E-state index in [0.717, 1.165) is 25.9 Å². The number of phenols is 1. The van der Waals surface area contributed by atoms with Crippen LogP contribution in [0.3, 0.4) is 0 Å². The van der Waals surface area contributed by atoms with Crippen molar-refractivity contribution in [3.8, 4) is 5.75 Å². The molecule has 0 aliphatic carbocycles. The molecule has 3 nitrogen and oxygen atoms in total. The third kappa shape index (κ3) is 2.75. The van der Waals surface area contributed by atoms with Gasteiger partial charge in [0.05, 0.1) is 14.5 Å². The second kappa shape index (κ2) is 5.92. The number of aromatic hydroxyl groups is 1. The lowest BCUT2D eigenvalue weighted by molar-refractivity contribution is 0.0722. The highest BCUT2D eigenvalue weighted by Gasteiger charge is 2.25. The summed E-state index contributed by atoms with van der Waals surface area (Å²) in [5, 5.41) is 9.87. The van der Waals surface area contributed by atoms with Crippen LogP contribution in [0.2, 0.25) is 0 Å². The van der Waals surface area contributed by atoms with Gasteiger partial charge >= 0.3 is 0 Å². The van der Waals surface area contributed by atoms with E-state index < -0.39 is 0 Å². The van der Waals surface area contributed by atoms with Gasteiger partial charge in [0.1, 0.15) is 5.75 Å². The summed E-state index contributed by atoms with van der Waals surface area (Å²) in [5.41, 5.74) is 0.484. The largest absolute Gasteiger partial charge is 0.506 e. The van der Waals surface area contributed by atoms with Crippen molar-refractivity contribution in [1.29, 1.82) is 0 Å². The molecule has 1 amide bonds. The first kappa shape index (κ1) is 14.3. The van der Waals surface area contributed by atoms with E-state index in [4.69, 9.17) is 0 Å². The van der Waals surface area contributed by atoms with Gasteiger partial charge < -0.3 is 10.0 Å². The number of nitrogens with zero attached hydrogens (tertiary/aromatic N) is 1. The fourth-order valence-corrected chi connectivity index (χ4v) is 4.49. The van der Waals surface area contributed by atoms with Crippen LogP contribution in [0.25, 0.3) is 0 Å². The maximum Gasteiger partial charge on any atom is 0.256 e. The Balaban J connectivity index is 2.38. The summed E-state index contributed by atoms with van der Waals surface area (Å²) in [7, 11) is 0. The third-order valence-electron chi connectivity index (χ3n) is 3.00. The van der Waals surface area contributed by atoms with Crippen LogP contribution in [-0.2, 0) is 0 Å². The Morgan fingerprint density at radius 2 is 1.72 bits per heavy atom. The van der Waals surface area contributed by atoms with Gasteiger partial charge in [0.15, 0.2) is 0 Å². The van der Waals surface area contributed by atoms with Crippen molar-refractivity contribution < 1.29 is 9.90 Å². The molecule has 1 aromatic rings. The zero-order valence-electron chi connectivity index (χ0n) is 9.55. The van der Waals surface area contributed by atoms with Crippen molar-refractivity contribution in [1.82, 2.24) is 4.90 Å². The molecule has 2 rings (SSSR count). The molecule has 0 aromatic heterocycles. The standard InChI is InChI=1S/C12H12Br3NO2/c13-7-6-8(14)11(17)10(15)9(7)12(18)16-4-2-1-3-5-16/h6,17H,1-5H2. The highest BCUT2D eigenvalue weighted by Crippen LogP contribution is 2.40. The third-order valence-corrected chi connectivity index (χ3v) is 5.01. The lowest BCUT2D eigenvalue weighted by Gasteiger charge is -2.27. The number of likely N-dealkylation sites (tertiary alicyclic amines) is 1. The van der Waals surface area contributed by atoms with Crippen LogP contribution in [0.5, 0.6) is 5.75 Å². The van der Waals surface area contributed by atoms with Gasteiger partial charge in [-0.1, -0.05) is 0 Å². The minimum absolute atomic E-state index is 0.0451. The zero-order valence-corrected chi connectivity index (χ0v) is 14.3. The molecular weight excluding hydrogens is 430 g/mol. The number of hydrogen-bond donors (Lipinski definition) is 1. The molecule has 1 aromatic carbocycles. The minimum Gasteiger partial charge on any atom is -0.506 e. The fraction of sp³-hybridized carbons (Fsp3) is 0.417. The SMILES string of the molecule is O=C(c1c(Br)cc(Br)c(O)c1Br)N1CCCCC1. The molecule has 1 aliphatic rings.